The number of nitrogens with one attached hydrogen (secondary N) is 1. The number of ether oxygens (including phenoxy) is 1. The summed E-state index contributed by atoms with van der Waals surface area (Å²) in [7, 11) is 0. The first kappa shape index (κ1) is 19.7. The number of aryl methyl sites for hydroxylation is 1. The van der Waals surface area contributed by atoms with Crippen molar-refractivity contribution in [1.82, 2.24) is 15.3 Å². The molecule has 0 spiro atoms. The first-order chi connectivity index (χ1) is 14.5. The van der Waals surface area contributed by atoms with Gasteiger partial charge in [-0.05, 0) is 50.7 Å². The molecule has 0 radical (unpaired) electrons. The summed E-state index contributed by atoms with van der Waals surface area (Å²) in [4.78, 5) is 8.74. The predicted octanol–water partition coefficient (Wildman–Crippen LogP) is 2.51. The van der Waals surface area contributed by atoms with Crippen LogP contribution in [-0.4, -0.2) is 44.5 Å². The minimum Gasteiger partial charge on any atom is -0.487 e. The van der Waals surface area contributed by atoms with E-state index in [1.807, 2.05) is 19.1 Å². The molecule has 2 aromatic rings. The highest BCUT2D eigenvalue weighted by atomic mass is 16.5. The monoisotopic (exact) mass is 407 g/mol. The average Bonchev–Trinajstić information content (AvgIpc) is 3.26. The van der Waals surface area contributed by atoms with E-state index in [1.54, 1.807) is 6.33 Å². The Bertz CT molecular complexity index is 976. The Hall–Kier alpha value is -2.28. The number of allylic oxidation sites excluding steroid dienone is 1. The van der Waals surface area contributed by atoms with Gasteiger partial charge in [-0.3, -0.25) is 0 Å². The van der Waals surface area contributed by atoms with Crippen LogP contribution in [0.5, 0.6) is 5.75 Å². The second-order valence-electron chi connectivity index (χ2n) is 8.97. The fourth-order valence-corrected chi connectivity index (χ4v) is 5.21. The molecule has 1 aromatic carbocycles. The normalized spacial score (nSPS) is 32.1. The van der Waals surface area contributed by atoms with Crippen LogP contribution in [-0.2, 0) is 13.0 Å². The van der Waals surface area contributed by atoms with Crippen LogP contribution in [0, 0.1) is 12.8 Å². The zero-order valence-corrected chi connectivity index (χ0v) is 17.5. The maximum atomic E-state index is 10.7. The number of benzene rings is 1. The van der Waals surface area contributed by atoms with Crippen molar-refractivity contribution >= 4 is 6.08 Å². The molecule has 6 unspecified atom stereocenters. The molecule has 6 atom stereocenters. The van der Waals surface area contributed by atoms with Gasteiger partial charge in [-0.1, -0.05) is 24.3 Å². The van der Waals surface area contributed by atoms with Crippen LogP contribution in [0.2, 0.25) is 0 Å². The molecule has 1 fully saturated rings. The maximum absolute atomic E-state index is 10.7. The van der Waals surface area contributed by atoms with Crippen molar-refractivity contribution in [2.75, 3.05) is 0 Å². The van der Waals surface area contributed by atoms with Crippen LogP contribution >= 0.6 is 0 Å². The molecule has 3 N–H and O–H groups in total. The molecule has 2 aliphatic carbocycles. The lowest BCUT2D eigenvalue weighted by Gasteiger charge is -2.27. The number of fused-ring (bicyclic) bond motifs is 2. The van der Waals surface area contributed by atoms with Crippen LogP contribution in [0.15, 0.2) is 30.6 Å². The van der Waals surface area contributed by atoms with Crippen molar-refractivity contribution in [2.24, 2.45) is 5.92 Å². The van der Waals surface area contributed by atoms with Crippen LogP contribution in [0.25, 0.3) is 6.08 Å². The van der Waals surface area contributed by atoms with E-state index >= 15 is 0 Å². The molecule has 158 valence electrons. The molecule has 1 aliphatic heterocycles. The molecule has 6 heteroatoms. The van der Waals surface area contributed by atoms with Crippen molar-refractivity contribution < 1.29 is 14.9 Å². The minimum absolute atomic E-state index is 0.0430. The van der Waals surface area contributed by atoms with Gasteiger partial charge in [0.05, 0.1) is 11.8 Å². The lowest BCUT2D eigenvalue weighted by molar-refractivity contribution is -0.0193. The van der Waals surface area contributed by atoms with E-state index in [1.165, 1.54) is 11.1 Å². The predicted molar refractivity (Wildman–Crippen MR) is 114 cm³/mol. The summed E-state index contributed by atoms with van der Waals surface area (Å²) in [5.74, 6) is 0.916. The van der Waals surface area contributed by atoms with Gasteiger partial charge in [-0.2, -0.15) is 0 Å². The third kappa shape index (κ3) is 3.43. The molecular formula is C24H29N3O3. The van der Waals surface area contributed by atoms with Gasteiger partial charge in [0.15, 0.2) is 0 Å². The molecule has 3 aliphatic rings. The summed E-state index contributed by atoms with van der Waals surface area (Å²) < 4.78 is 6.28. The second-order valence-corrected chi connectivity index (χ2v) is 8.97. The van der Waals surface area contributed by atoms with E-state index in [2.05, 4.69) is 40.4 Å². The van der Waals surface area contributed by atoms with Crippen molar-refractivity contribution in [3.63, 3.8) is 0 Å². The molecule has 1 saturated carbocycles. The van der Waals surface area contributed by atoms with Gasteiger partial charge < -0.3 is 20.3 Å². The lowest BCUT2D eigenvalue weighted by atomic mass is 9.90. The van der Waals surface area contributed by atoms with Gasteiger partial charge in [-0.25, -0.2) is 9.97 Å². The molecule has 2 heterocycles. The zero-order valence-electron chi connectivity index (χ0n) is 17.5. The summed E-state index contributed by atoms with van der Waals surface area (Å²) in [5.41, 5.74) is 5.54. The second kappa shape index (κ2) is 7.76. The number of aliphatic hydroxyl groups excluding tert-OH is 2. The largest absolute Gasteiger partial charge is 0.487 e. The number of aliphatic hydroxyl groups is 2. The quantitative estimate of drug-likeness (QED) is 0.722. The Balaban J connectivity index is 1.30. The molecular weight excluding hydrogens is 378 g/mol. The average molecular weight is 408 g/mol. The van der Waals surface area contributed by atoms with E-state index in [4.69, 9.17) is 4.74 Å². The number of rotatable bonds is 4. The van der Waals surface area contributed by atoms with E-state index < -0.39 is 18.3 Å². The standard InChI is InChI=1S/C24H29N3O3/c1-13-8-15-4-3-5-20(19(15)11-25-13)30-21-10-17(23(28)24(21)29)9-16-6-7-18-14(2)26-12-27-22(16)18/h3-7,12-13,16-17,21,23-25,28-29H,8-11H2,1-2H3. The molecule has 6 nitrogen and oxygen atoms in total. The summed E-state index contributed by atoms with van der Waals surface area (Å²) in [5, 5.41) is 24.9. The highest BCUT2D eigenvalue weighted by Crippen LogP contribution is 2.41. The number of aromatic nitrogens is 2. The number of nitrogens with zero attached hydrogens (tertiary/aromatic N) is 2. The van der Waals surface area contributed by atoms with Gasteiger partial charge in [0.25, 0.3) is 0 Å². The first-order valence-corrected chi connectivity index (χ1v) is 10.9. The molecule has 1 aromatic heterocycles. The van der Waals surface area contributed by atoms with Gasteiger partial charge in [0, 0.05) is 35.3 Å². The zero-order chi connectivity index (χ0) is 20.8. The Labute approximate surface area is 177 Å². The lowest BCUT2D eigenvalue weighted by Crippen LogP contribution is -2.36. The van der Waals surface area contributed by atoms with Crippen LogP contribution in [0.4, 0.5) is 0 Å². The van der Waals surface area contributed by atoms with Gasteiger partial charge >= 0.3 is 0 Å². The van der Waals surface area contributed by atoms with Crippen LogP contribution < -0.4 is 10.1 Å². The van der Waals surface area contributed by atoms with Crippen molar-refractivity contribution in [1.29, 1.82) is 0 Å². The third-order valence-electron chi connectivity index (χ3n) is 6.93. The van der Waals surface area contributed by atoms with E-state index in [0.29, 0.717) is 12.5 Å². The van der Waals surface area contributed by atoms with Gasteiger partial charge in [-0.15, -0.1) is 0 Å². The highest BCUT2D eigenvalue weighted by Gasteiger charge is 2.44. The summed E-state index contributed by atoms with van der Waals surface area (Å²) in [6, 6.07) is 6.59. The highest BCUT2D eigenvalue weighted by molar-refractivity contribution is 5.61. The van der Waals surface area contributed by atoms with E-state index in [0.717, 1.165) is 42.1 Å². The van der Waals surface area contributed by atoms with Crippen LogP contribution in [0.3, 0.4) is 0 Å². The summed E-state index contributed by atoms with van der Waals surface area (Å²) in [6.07, 6.45) is 6.06. The van der Waals surface area contributed by atoms with Crippen molar-refractivity contribution in [3.8, 4) is 5.75 Å². The van der Waals surface area contributed by atoms with Crippen LogP contribution in [0.1, 0.15) is 53.8 Å². The first-order valence-electron chi connectivity index (χ1n) is 10.9. The Morgan fingerprint density at radius 3 is 2.93 bits per heavy atom. The van der Waals surface area contributed by atoms with Gasteiger partial charge in [0.1, 0.15) is 24.3 Å². The Morgan fingerprint density at radius 1 is 1.20 bits per heavy atom. The van der Waals surface area contributed by atoms with Crippen molar-refractivity contribution in [2.45, 2.75) is 69.9 Å². The van der Waals surface area contributed by atoms with Gasteiger partial charge in [0.2, 0.25) is 0 Å². The van der Waals surface area contributed by atoms with Crippen molar-refractivity contribution in [3.05, 3.63) is 58.7 Å². The SMILES string of the molecule is Cc1ncnc2c1C=CC2CC1CC(Oc2cccc3c2CNC(C)C3)C(O)C1O. The number of hydrogen-bond donors (Lipinski definition) is 3. The third-order valence-corrected chi connectivity index (χ3v) is 6.93. The smallest absolute Gasteiger partial charge is 0.127 e. The maximum Gasteiger partial charge on any atom is 0.127 e. The molecule has 0 amide bonds. The minimum atomic E-state index is -0.890. The molecule has 0 bridgehead atoms. The fourth-order valence-electron chi connectivity index (χ4n) is 5.21. The molecule has 0 saturated heterocycles. The van der Waals surface area contributed by atoms with E-state index in [9.17, 15) is 10.2 Å². The fraction of sp³-hybridized carbons (Fsp3) is 0.500. The Kier molecular flexibility index (Phi) is 5.09. The number of hydrogen-bond acceptors (Lipinski definition) is 6. The topological polar surface area (TPSA) is 87.5 Å². The summed E-state index contributed by atoms with van der Waals surface area (Å²) >= 11 is 0. The van der Waals surface area contributed by atoms with E-state index in [-0.39, 0.29) is 11.8 Å². The molecule has 5 rings (SSSR count). The Morgan fingerprint density at radius 2 is 2.07 bits per heavy atom. The molecule has 30 heavy (non-hydrogen) atoms. The summed E-state index contributed by atoms with van der Waals surface area (Å²) in [6.45, 7) is 4.94.